The first kappa shape index (κ1) is 16.4. The number of carbonyl (C=O) groups excluding carboxylic acids is 1. The third-order valence-corrected chi connectivity index (χ3v) is 3.73. The number of hydrogen-bond acceptors (Lipinski definition) is 3. The zero-order valence-corrected chi connectivity index (χ0v) is 13.0. The van der Waals surface area contributed by atoms with Crippen molar-refractivity contribution >= 4 is 5.78 Å². The Hall–Kier alpha value is -1.97. The monoisotopic (exact) mass is 298 g/mol. The van der Waals surface area contributed by atoms with Gasteiger partial charge in [0.1, 0.15) is 0 Å². The molecule has 22 heavy (non-hydrogen) atoms. The van der Waals surface area contributed by atoms with Crippen LogP contribution in [-0.4, -0.2) is 22.6 Å². The highest BCUT2D eigenvalue weighted by molar-refractivity contribution is 5.96. The first-order valence-corrected chi connectivity index (χ1v) is 7.43. The highest BCUT2D eigenvalue weighted by Gasteiger charge is 2.30. The number of benzene rings is 2. The van der Waals surface area contributed by atoms with E-state index in [-0.39, 0.29) is 12.2 Å². The third kappa shape index (κ3) is 4.52. The van der Waals surface area contributed by atoms with Crippen molar-refractivity contribution in [2.24, 2.45) is 0 Å². The molecule has 3 nitrogen and oxygen atoms in total. The van der Waals surface area contributed by atoms with E-state index in [0.29, 0.717) is 12.2 Å². The van der Waals surface area contributed by atoms with Crippen LogP contribution in [-0.2, 0) is 11.3 Å². The molecule has 2 aromatic rings. The van der Waals surface area contributed by atoms with Crippen LogP contribution >= 0.6 is 0 Å². The molecular formula is C19H22O3. The molecule has 116 valence electrons. The van der Waals surface area contributed by atoms with Gasteiger partial charge in [0.25, 0.3) is 0 Å². The van der Waals surface area contributed by atoms with Crippen LogP contribution < -0.4 is 0 Å². The lowest BCUT2D eigenvalue weighted by Gasteiger charge is -2.30. The van der Waals surface area contributed by atoms with E-state index < -0.39 is 11.7 Å². The van der Waals surface area contributed by atoms with Crippen LogP contribution in [0.5, 0.6) is 0 Å². The molecular weight excluding hydrogens is 276 g/mol. The molecule has 2 aromatic carbocycles. The second kappa shape index (κ2) is 7.34. The van der Waals surface area contributed by atoms with E-state index in [9.17, 15) is 9.90 Å². The average Bonchev–Trinajstić information content (AvgIpc) is 2.54. The molecule has 0 saturated heterocycles. The van der Waals surface area contributed by atoms with Crippen molar-refractivity contribution in [1.29, 1.82) is 0 Å². The fraction of sp³-hybridized carbons (Fsp3) is 0.316. The lowest BCUT2D eigenvalue weighted by Crippen LogP contribution is -2.40. The lowest BCUT2D eigenvalue weighted by molar-refractivity contribution is -0.107. The highest BCUT2D eigenvalue weighted by Crippen LogP contribution is 2.21. The molecule has 0 bridgehead atoms. The van der Waals surface area contributed by atoms with Gasteiger partial charge in [0.05, 0.1) is 18.3 Å². The minimum absolute atomic E-state index is 0.0474. The molecule has 0 aliphatic carbocycles. The largest absolute Gasteiger partial charge is 0.390 e. The lowest BCUT2D eigenvalue weighted by atomic mass is 9.94. The van der Waals surface area contributed by atoms with Crippen molar-refractivity contribution in [1.82, 2.24) is 0 Å². The smallest absolute Gasteiger partial charge is 0.165 e. The molecule has 0 aliphatic heterocycles. The molecule has 1 atom stereocenters. The molecule has 2 rings (SSSR count). The Labute approximate surface area is 131 Å². The van der Waals surface area contributed by atoms with Crippen LogP contribution in [0.25, 0.3) is 0 Å². The molecule has 0 fully saturated rings. The molecule has 0 heterocycles. The van der Waals surface area contributed by atoms with Gasteiger partial charge in [-0.2, -0.15) is 0 Å². The molecule has 1 N–H and O–H groups in total. The first-order chi connectivity index (χ1) is 10.5. The summed E-state index contributed by atoms with van der Waals surface area (Å²) in [6.07, 6.45) is -0.810. The van der Waals surface area contributed by atoms with Crippen molar-refractivity contribution in [3.8, 4) is 0 Å². The number of ketones is 1. The van der Waals surface area contributed by atoms with Crippen molar-refractivity contribution in [2.75, 3.05) is 0 Å². The van der Waals surface area contributed by atoms with Crippen molar-refractivity contribution < 1.29 is 14.6 Å². The van der Waals surface area contributed by atoms with Crippen molar-refractivity contribution in [3.63, 3.8) is 0 Å². The fourth-order valence-corrected chi connectivity index (χ4v) is 2.10. The molecule has 0 saturated carbocycles. The van der Waals surface area contributed by atoms with E-state index in [2.05, 4.69) is 0 Å². The number of ether oxygens (including phenoxy) is 1. The molecule has 0 amide bonds. The summed E-state index contributed by atoms with van der Waals surface area (Å²) in [6.45, 7) is 4.02. The van der Waals surface area contributed by atoms with Gasteiger partial charge in [0, 0.05) is 12.0 Å². The summed E-state index contributed by atoms with van der Waals surface area (Å²) in [4.78, 5) is 12.2. The Balaban J connectivity index is 1.92. The maximum Gasteiger partial charge on any atom is 0.165 e. The maximum absolute atomic E-state index is 12.2. The van der Waals surface area contributed by atoms with Gasteiger partial charge in [-0.25, -0.2) is 0 Å². The highest BCUT2D eigenvalue weighted by atomic mass is 16.5. The predicted octanol–water partition coefficient (Wildman–Crippen LogP) is 3.62. The second-order valence-electron chi connectivity index (χ2n) is 5.89. The molecule has 0 aliphatic rings. The summed E-state index contributed by atoms with van der Waals surface area (Å²) in [6, 6.07) is 18.8. The number of hydrogen-bond donors (Lipinski definition) is 1. The van der Waals surface area contributed by atoms with E-state index in [4.69, 9.17) is 4.74 Å². The van der Waals surface area contributed by atoms with Gasteiger partial charge in [-0.05, 0) is 19.4 Å². The van der Waals surface area contributed by atoms with Crippen molar-refractivity contribution in [2.45, 2.75) is 38.6 Å². The Morgan fingerprint density at radius 3 is 2.18 bits per heavy atom. The van der Waals surface area contributed by atoms with Crippen LogP contribution in [0.2, 0.25) is 0 Å². The van der Waals surface area contributed by atoms with Crippen LogP contribution in [0.15, 0.2) is 60.7 Å². The van der Waals surface area contributed by atoms with E-state index in [0.717, 1.165) is 5.56 Å². The molecule has 0 aromatic heterocycles. The van der Waals surface area contributed by atoms with E-state index in [1.54, 1.807) is 26.0 Å². The van der Waals surface area contributed by atoms with Crippen LogP contribution in [0.3, 0.4) is 0 Å². The van der Waals surface area contributed by atoms with Crippen LogP contribution in [0.1, 0.15) is 36.2 Å². The van der Waals surface area contributed by atoms with Gasteiger partial charge >= 0.3 is 0 Å². The predicted molar refractivity (Wildman–Crippen MR) is 86.7 cm³/mol. The number of aliphatic hydroxyl groups excluding tert-OH is 1. The minimum Gasteiger partial charge on any atom is -0.390 e. The summed E-state index contributed by atoms with van der Waals surface area (Å²) in [5.41, 5.74) is 0.859. The Bertz CT molecular complexity index is 591. The number of Topliss-reactive ketones (excluding diaryl/α,β-unsaturated/α-hetero) is 1. The normalized spacial score (nSPS) is 12.9. The summed E-state index contributed by atoms with van der Waals surface area (Å²) in [5, 5.41) is 10.3. The van der Waals surface area contributed by atoms with Gasteiger partial charge in [-0.15, -0.1) is 0 Å². The van der Waals surface area contributed by atoms with E-state index in [1.165, 1.54) is 0 Å². The topological polar surface area (TPSA) is 46.5 Å². The number of rotatable bonds is 7. The molecule has 3 heteroatoms. The van der Waals surface area contributed by atoms with E-state index in [1.807, 2.05) is 48.5 Å². The van der Waals surface area contributed by atoms with Crippen LogP contribution in [0, 0.1) is 0 Å². The summed E-state index contributed by atoms with van der Waals surface area (Å²) < 4.78 is 5.81. The second-order valence-corrected chi connectivity index (χ2v) is 5.89. The average molecular weight is 298 g/mol. The maximum atomic E-state index is 12.2. The zero-order chi connectivity index (χ0) is 16.0. The Morgan fingerprint density at radius 1 is 1.05 bits per heavy atom. The molecule has 0 spiro atoms. The van der Waals surface area contributed by atoms with Crippen LogP contribution in [0.4, 0.5) is 0 Å². The quantitative estimate of drug-likeness (QED) is 0.794. The van der Waals surface area contributed by atoms with Gasteiger partial charge in [-0.3, -0.25) is 4.79 Å². The minimum atomic E-state index is -0.857. The standard InChI is InChI=1S/C19H22O3/c1-19(2,22-14-15-9-5-3-6-10-15)18(21)13-17(20)16-11-7-4-8-12-16/h3-12,18,21H,13-14H2,1-2H3. The fourth-order valence-electron chi connectivity index (χ4n) is 2.10. The van der Waals surface area contributed by atoms with E-state index >= 15 is 0 Å². The first-order valence-electron chi connectivity index (χ1n) is 7.43. The SMILES string of the molecule is CC(C)(OCc1ccccc1)C(O)CC(=O)c1ccccc1. The Morgan fingerprint density at radius 2 is 1.59 bits per heavy atom. The number of aliphatic hydroxyl groups is 1. The van der Waals surface area contributed by atoms with Gasteiger partial charge in [0.15, 0.2) is 5.78 Å². The number of carbonyl (C=O) groups is 1. The molecule has 1 unspecified atom stereocenters. The third-order valence-electron chi connectivity index (χ3n) is 3.73. The van der Waals surface area contributed by atoms with Gasteiger partial charge < -0.3 is 9.84 Å². The van der Waals surface area contributed by atoms with Gasteiger partial charge in [0.2, 0.25) is 0 Å². The summed E-state index contributed by atoms with van der Waals surface area (Å²) in [5.74, 6) is -0.0792. The Kier molecular flexibility index (Phi) is 5.47. The molecule has 0 radical (unpaired) electrons. The summed E-state index contributed by atoms with van der Waals surface area (Å²) >= 11 is 0. The zero-order valence-electron chi connectivity index (χ0n) is 13.0. The van der Waals surface area contributed by atoms with Crippen molar-refractivity contribution in [3.05, 3.63) is 71.8 Å². The summed E-state index contributed by atoms with van der Waals surface area (Å²) in [7, 11) is 0. The van der Waals surface area contributed by atoms with Gasteiger partial charge in [-0.1, -0.05) is 60.7 Å².